The third-order valence-corrected chi connectivity index (χ3v) is 2.76. The maximum atomic E-state index is 11.5. The Labute approximate surface area is 84.6 Å². The lowest BCUT2D eigenvalue weighted by Gasteiger charge is -2.14. The fourth-order valence-corrected chi connectivity index (χ4v) is 2.08. The van der Waals surface area contributed by atoms with Crippen molar-refractivity contribution in [3.05, 3.63) is 12.3 Å². The standard InChI is InChI=1S/C8H10BrN3O/c1-11-7(2-3-10-11)12-5-6(9)4-8(12)13/h2-3,6H,4-5H2,1H3. The van der Waals surface area contributed by atoms with Crippen LogP contribution in [-0.4, -0.2) is 27.1 Å². The lowest BCUT2D eigenvalue weighted by Crippen LogP contribution is -2.26. The molecule has 1 aromatic heterocycles. The van der Waals surface area contributed by atoms with Gasteiger partial charge in [0.2, 0.25) is 5.91 Å². The van der Waals surface area contributed by atoms with Crippen molar-refractivity contribution in [1.82, 2.24) is 9.78 Å². The molecule has 0 aliphatic carbocycles. The summed E-state index contributed by atoms with van der Waals surface area (Å²) < 4.78 is 1.71. The van der Waals surface area contributed by atoms with E-state index in [1.807, 2.05) is 13.1 Å². The van der Waals surface area contributed by atoms with E-state index in [2.05, 4.69) is 21.0 Å². The van der Waals surface area contributed by atoms with Crippen LogP contribution in [0.1, 0.15) is 6.42 Å². The van der Waals surface area contributed by atoms with Crippen LogP contribution in [0.25, 0.3) is 0 Å². The molecule has 1 atom stereocenters. The number of hydrogen-bond donors (Lipinski definition) is 0. The lowest BCUT2D eigenvalue weighted by molar-refractivity contribution is -0.117. The summed E-state index contributed by atoms with van der Waals surface area (Å²) in [6, 6.07) is 1.85. The Kier molecular flexibility index (Phi) is 2.11. The summed E-state index contributed by atoms with van der Waals surface area (Å²) in [6.45, 7) is 0.734. The van der Waals surface area contributed by atoms with Crippen molar-refractivity contribution in [3.8, 4) is 0 Å². The number of aromatic nitrogens is 2. The SMILES string of the molecule is Cn1nccc1N1CC(Br)CC1=O. The maximum absolute atomic E-state index is 11.5. The molecule has 0 bridgehead atoms. The number of aryl methyl sites for hydroxylation is 1. The van der Waals surface area contributed by atoms with E-state index >= 15 is 0 Å². The highest BCUT2D eigenvalue weighted by molar-refractivity contribution is 9.09. The van der Waals surface area contributed by atoms with Crippen LogP contribution >= 0.6 is 15.9 Å². The first-order valence-electron chi connectivity index (χ1n) is 4.11. The molecule has 0 spiro atoms. The highest BCUT2D eigenvalue weighted by atomic mass is 79.9. The molecule has 4 nitrogen and oxygen atoms in total. The van der Waals surface area contributed by atoms with E-state index < -0.39 is 0 Å². The van der Waals surface area contributed by atoms with Gasteiger partial charge in [0.1, 0.15) is 5.82 Å². The Balaban J connectivity index is 2.27. The minimum absolute atomic E-state index is 0.158. The molecule has 2 rings (SSSR count). The number of halogens is 1. The Morgan fingerprint density at radius 1 is 1.69 bits per heavy atom. The van der Waals surface area contributed by atoms with Crippen LogP contribution in [0.3, 0.4) is 0 Å². The molecule has 1 amide bonds. The van der Waals surface area contributed by atoms with Crippen molar-refractivity contribution in [3.63, 3.8) is 0 Å². The quantitative estimate of drug-likeness (QED) is 0.689. The molecule has 0 radical (unpaired) electrons. The zero-order chi connectivity index (χ0) is 9.42. The molecule has 1 fully saturated rings. The zero-order valence-electron chi connectivity index (χ0n) is 7.27. The number of carbonyl (C=O) groups is 1. The van der Waals surface area contributed by atoms with Crippen LogP contribution in [0, 0.1) is 0 Å². The highest BCUT2D eigenvalue weighted by Crippen LogP contribution is 2.23. The van der Waals surface area contributed by atoms with Gasteiger partial charge in [-0.1, -0.05) is 15.9 Å². The minimum Gasteiger partial charge on any atom is -0.296 e. The van der Waals surface area contributed by atoms with Gasteiger partial charge in [0.25, 0.3) is 0 Å². The van der Waals surface area contributed by atoms with Gasteiger partial charge in [0, 0.05) is 30.9 Å². The molecular weight excluding hydrogens is 234 g/mol. The molecule has 1 aliphatic rings. The summed E-state index contributed by atoms with van der Waals surface area (Å²) in [6.07, 6.45) is 2.27. The summed E-state index contributed by atoms with van der Waals surface area (Å²) in [5.74, 6) is 1.03. The number of carbonyl (C=O) groups excluding carboxylic acids is 1. The van der Waals surface area contributed by atoms with Crippen molar-refractivity contribution in [2.24, 2.45) is 7.05 Å². The average molecular weight is 244 g/mol. The van der Waals surface area contributed by atoms with Crippen LogP contribution in [0.2, 0.25) is 0 Å². The van der Waals surface area contributed by atoms with Crippen LogP contribution in [0.5, 0.6) is 0 Å². The summed E-state index contributed by atoms with van der Waals surface area (Å²) in [5, 5.41) is 4.03. The number of hydrogen-bond acceptors (Lipinski definition) is 2. The topological polar surface area (TPSA) is 38.1 Å². The third-order valence-electron chi connectivity index (χ3n) is 2.15. The molecule has 1 aliphatic heterocycles. The monoisotopic (exact) mass is 243 g/mol. The van der Waals surface area contributed by atoms with Crippen LogP contribution in [0.4, 0.5) is 5.82 Å². The predicted molar refractivity (Wildman–Crippen MR) is 52.9 cm³/mol. The summed E-state index contributed by atoms with van der Waals surface area (Å²) in [4.78, 5) is 13.5. The molecule has 0 N–H and O–H groups in total. The van der Waals surface area contributed by atoms with Gasteiger partial charge in [-0.15, -0.1) is 0 Å². The van der Waals surface area contributed by atoms with Crippen molar-refractivity contribution in [1.29, 1.82) is 0 Å². The van der Waals surface area contributed by atoms with Crippen molar-refractivity contribution in [2.75, 3.05) is 11.4 Å². The molecule has 5 heteroatoms. The van der Waals surface area contributed by atoms with Gasteiger partial charge in [-0.05, 0) is 0 Å². The zero-order valence-corrected chi connectivity index (χ0v) is 8.86. The minimum atomic E-state index is 0.158. The number of amides is 1. The first kappa shape index (κ1) is 8.74. The van der Waals surface area contributed by atoms with Gasteiger partial charge in [0.05, 0.1) is 6.20 Å². The number of alkyl halides is 1. The van der Waals surface area contributed by atoms with Gasteiger partial charge < -0.3 is 0 Å². The Hall–Kier alpha value is -0.840. The maximum Gasteiger partial charge on any atom is 0.229 e. The van der Waals surface area contributed by atoms with E-state index in [1.165, 1.54) is 0 Å². The fraction of sp³-hybridized carbons (Fsp3) is 0.500. The van der Waals surface area contributed by atoms with Gasteiger partial charge in [0.15, 0.2) is 0 Å². The van der Waals surface area contributed by atoms with E-state index in [9.17, 15) is 4.79 Å². The van der Waals surface area contributed by atoms with Gasteiger partial charge in [-0.3, -0.25) is 14.4 Å². The second kappa shape index (κ2) is 3.14. The Bertz CT molecular complexity index is 336. The van der Waals surface area contributed by atoms with E-state index in [0.29, 0.717) is 6.42 Å². The average Bonchev–Trinajstić information content (AvgIpc) is 2.58. The second-order valence-electron chi connectivity index (χ2n) is 3.12. The molecule has 70 valence electrons. The largest absolute Gasteiger partial charge is 0.296 e. The van der Waals surface area contributed by atoms with Crippen LogP contribution in [-0.2, 0) is 11.8 Å². The van der Waals surface area contributed by atoms with Gasteiger partial charge >= 0.3 is 0 Å². The molecule has 1 aromatic rings. The Morgan fingerprint density at radius 3 is 2.92 bits per heavy atom. The van der Waals surface area contributed by atoms with Crippen LogP contribution in [0.15, 0.2) is 12.3 Å². The van der Waals surface area contributed by atoms with E-state index in [4.69, 9.17) is 0 Å². The summed E-state index contributed by atoms with van der Waals surface area (Å²) >= 11 is 3.44. The van der Waals surface area contributed by atoms with E-state index in [0.717, 1.165) is 12.4 Å². The molecule has 1 saturated heterocycles. The normalized spacial score (nSPS) is 22.8. The first-order chi connectivity index (χ1) is 6.18. The van der Waals surface area contributed by atoms with Crippen molar-refractivity contribution in [2.45, 2.75) is 11.2 Å². The molecule has 0 aromatic carbocycles. The number of anilines is 1. The van der Waals surface area contributed by atoms with Gasteiger partial charge in [-0.2, -0.15) is 5.10 Å². The molecule has 2 heterocycles. The number of rotatable bonds is 1. The smallest absolute Gasteiger partial charge is 0.229 e. The fourth-order valence-electron chi connectivity index (χ4n) is 1.52. The highest BCUT2D eigenvalue weighted by Gasteiger charge is 2.30. The van der Waals surface area contributed by atoms with E-state index in [-0.39, 0.29) is 10.7 Å². The summed E-state index contributed by atoms with van der Waals surface area (Å²) in [5.41, 5.74) is 0. The third kappa shape index (κ3) is 1.48. The Morgan fingerprint density at radius 2 is 2.46 bits per heavy atom. The molecule has 13 heavy (non-hydrogen) atoms. The molecule has 0 saturated carbocycles. The molecule has 1 unspecified atom stereocenters. The van der Waals surface area contributed by atoms with Gasteiger partial charge in [-0.25, -0.2) is 0 Å². The van der Waals surface area contributed by atoms with Crippen molar-refractivity contribution >= 4 is 27.7 Å². The second-order valence-corrected chi connectivity index (χ2v) is 4.41. The number of nitrogens with zero attached hydrogens (tertiary/aromatic N) is 3. The van der Waals surface area contributed by atoms with Crippen molar-refractivity contribution < 1.29 is 4.79 Å². The molecular formula is C8H10BrN3O. The predicted octanol–water partition coefficient (Wildman–Crippen LogP) is 0.920. The summed E-state index contributed by atoms with van der Waals surface area (Å²) in [7, 11) is 1.84. The lowest BCUT2D eigenvalue weighted by atomic mass is 10.4. The first-order valence-corrected chi connectivity index (χ1v) is 5.02. The van der Waals surface area contributed by atoms with Crippen LogP contribution < -0.4 is 4.90 Å². The van der Waals surface area contributed by atoms with E-state index in [1.54, 1.807) is 15.8 Å².